The highest BCUT2D eigenvalue weighted by atomic mass is 16.3. The minimum absolute atomic E-state index is 0.0541. The van der Waals surface area contributed by atoms with Crippen molar-refractivity contribution in [1.29, 1.82) is 0 Å². The predicted molar refractivity (Wildman–Crippen MR) is 77.3 cm³/mol. The van der Waals surface area contributed by atoms with Crippen LogP contribution in [-0.2, 0) is 0 Å². The standard InChI is InChI=1S/C17H28O/c1-3-13-5-9-15(10-6-13)17(18)16-11-7-14(4-2)8-12-16/h3-4,13-18H,1-2,5-12H2. The summed E-state index contributed by atoms with van der Waals surface area (Å²) in [5.41, 5.74) is 0. The third kappa shape index (κ3) is 3.26. The van der Waals surface area contributed by atoms with Gasteiger partial charge in [-0.2, -0.15) is 0 Å². The highest BCUT2D eigenvalue weighted by Gasteiger charge is 2.32. The molecule has 0 aromatic carbocycles. The number of rotatable bonds is 4. The Morgan fingerprint density at radius 3 is 1.33 bits per heavy atom. The van der Waals surface area contributed by atoms with Crippen molar-refractivity contribution in [1.82, 2.24) is 0 Å². The van der Waals surface area contributed by atoms with Crippen molar-refractivity contribution in [2.45, 2.75) is 57.5 Å². The van der Waals surface area contributed by atoms with Gasteiger partial charge < -0.3 is 5.11 Å². The molecule has 102 valence electrons. The smallest absolute Gasteiger partial charge is 0.0596 e. The van der Waals surface area contributed by atoms with E-state index < -0.39 is 0 Å². The van der Waals surface area contributed by atoms with Gasteiger partial charge in [0, 0.05) is 0 Å². The maximum atomic E-state index is 10.6. The lowest BCUT2D eigenvalue weighted by molar-refractivity contribution is 0.0113. The van der Waals surface area contributed by atoms with E-state index in [-0.39, 0.29) is 6.10 Å². The van der Waals surface area contributed by atoms with Crippen LogP contribution in [0.15, 0.2) is 25.3 Å². The van der Waals surface area contributed by atoms with E-state index >= 15 is 0 Å². The second-order valence-corrected chi connectivity index (χ2v) is 6.31. The Bertz CT molecular complexity index is 239. The molecule has 1 N–H and O–H groups in total. The molecule has 2 aliphatic rings. The SMILES string of the molecule is C=CC1CCC(C(O)C2CCC(C=C)CC2)CC1. The van der Waals surface area contributed by atoms with Crippen molar-refractivity contribution in [3.05, 3.63) is 25.3 Å². The average molecular weight is 248 g/mol. The van der Waals surface area contributed by atoms with Crippen LogP contribution in [0, 0.1) is 23.7 Å². The van der Waals surface area contributed by atoms with Gasteiger partial charge in [0.2, 0.25) is 0 Å². The molecule has 0 spiro atoms. The Balaban J connectivity index is 1.79. The van der Waals surface area contributed by atoms with E-state index in [4.69, 9.17) is 0 Å². The topological polar surface area (TPSA) is 20.2 Å². The molecule has 1 nitrogen and oxygen atoms in total. The van der Waals surface area contributed by atoms with Gasteiger partial charge in [0.1, 0.15) is 0 Å². The maximum absolute atomic E-state index is 10.6. The van der Waals surface area contributed by atoms with Crippen LogP contribution >= 0.6 is 0 Å². The summed E-state index contributed by atoms with van der Waals surface area (Å²) in [6.07, 6.45) is 13.8. The normalized spacial score (nSPS) is 38.9. The number of hydrogen-bond acceptors (Lipinski definition) is 1. The van der Waals surface area contributed by atoms with Crippen LogP contribution < -0.4 is 0 Å². The van der Waals surface area contributed by atoms with E-state index in [1.807, 2.05) is 0 Å². The van der Waals surface area contributed by atoms with Gasteiger partial charge in [-0.15, -0.1) is 13.2 Å². The second kappa shape index (κ2) is 6.56. The number of allylic oxidation sites excluding steroid dienone is 2. The Morgan fingerprint density at radius 1 is 0.722 bits per heavy atom. The molecule has 0 saturated heterocycles. The fourth-order valence-electron chi connectivity index (χ4n) is 3.83. The van der Waals surface area contributed by atoms with Crippen LogP contribution in [0.5, 0.6) is 0 Å². The zero-order valence-electron chi connectivity index (χ0n) is 11.6. The van der Waals surface area contributed by atoms with Gasteiger partial charge in [-0.25, -0.2) is 0 Å². The molecule has 0 aromatic heterocycles. The largest absolute Gasteiger partial charge is 0.393 e. The van der Waals surface area contributed by atoms with Crippen molar-refractivity contribution >= 4 is 0 Å². The average Bonchev–Trinajstić information content (AvgIpc) is 2.47. The molecule has 0 unspecified atom stereocenters. The summed E-state index contributed by atoms with van der Waals surface area (Å²) >= 11 is 0. The van der Waals surface area contributed by atoms with Crippen molar-refractivity contribution in [3.8, 4) is 0 Å². The van der Waals surface area contributed by atoms with Crippen LogP contribution in [0.4, 0.5) is 0 Å². The highest BCUT2D eigenvalue weighted by molar-refractivity contribution is 4.90. The molecule has 2 saturated carbocycles. The van der Waals surface area contributed by atoms with Crippen LogP contribution in [0.25, 0.3) is 0 Å². The summed E-state index contributed by atoms with van der Waals surface area (Å²) in [5, 5.41) is 10.6. The molecule has 0 radical (unpaired) electrons. The summed E-state index contributed by atoms with van der Waals surface area (Å²) in [6, 6.07) is 0. The van der Waals surface area contributed by atoms with Gasteiger partial charge in [-0.1, -0.05) is 12.2 Å². The van der Waals surface area contributed by atoms with E-state index in [0.717, 1.165) is 0 Å². The minimum atomic E-state index is -0.0541. The lowest BCUT2D eigenvalue weighted by Crippen LogP contribution is -2.34. The van der Waals surface area contributed by atoms with Crippen molar-refractivity contribution in [2.24, 2.45) is 23.7 Å². The number of aliphatic hydroxyl groups excluding tert-OH is 1. The quantitative estimate of drug-likeness (QED) is 0.734. The van der Waals surface area contributed by atoms with E-state index in [9.17, 15) is 5.11 Å². The Kier molecular flexibility index (Phi) is 5.05. The molecular weight excluding hydrogens is 220 g/mol. The van der Waals surface area contributed by atoms with E-state index in [2.05, 4.69) is 25.3 Å². The summed E-state index contributed by atoms with van der Waals surface area (Å²) in [7, 11) is 0. The van der Waals surface area contributed by atoms with Crippen LogP contribution in [0.2, 0.25) is 0 Å². The molecule has 18 heavy (non-hydrogen) atoms. The maximum Gasteiger partial charge on any atom is 0.0596 e. The molecule has 0 heterocycles. The molecule has 1 heteroatoms. The summed E-state index contributed by atoms with van der Waals surface area (Å²) in [6.45, 7) is 7.78. The second-order valence-electron chi connectivity index (χ2n) is 6.31. The van der Waals surface area contributed by atoms with Gasteiger partial charge >= 0.3 is 0 Å². The van der Waals surface area contributed by atoms with Crippen LogP contribution in [0.3, 0.4) is 0 Å². The van der Waals surface area contributed by atoms with E-state index in [0.29, 0.717) is 23.7 Å². The lowest BCUT2D eigenvalue weighted by Gasteiger charge is -2.37. The van der Waals surface area contributed by atoms with E-state index in [1.165, 1.54) is 51.4 Å². The molecular formula is C17H28O. The summed E-state index contributed by atoms with van der Waals surface area (Å²) in [4.78, 5) is 0. The Labute approximate surface area is 112 Å². The number of aliphatic hydroxyl groups is 1. The third-order valence-corrected chi connectivity index (χ3v) is 5.27. The van der Waals surface area contributed by atoms with Gasteiger partial charge in [0.25, 0.3) is 0 Å². The first-order chi connectivity index (χ1) is 8.74. The monoisotopic (exact) mass is 248 g/mol. The summed E-state index contributed by atoms with van der Waals surface area (Å²) < 4.78 is 0. The Hall–Kier alpha value is -0.560. The minimum Gasteiger partial charge on any atom is -0.393 e. The first kappa shape index (κ1) is 13.9. The van der Waals surface area contributed by atoms with Crippen molar-refractivity contribution < 1.29 is 5.11 Å². The molecule has 2 rings (SSSR count). The molecule has 0 aliphatic heterocycles. The fraction of sp³-hybridized carbons (Fsp3) is 0.765. The molecule has 2 fully saturated rings. The summed E-state index contributed by atoms with van der Waals surface area (Å²) in [5.74, 6) is 2.49. The van der Waals surface area contributed by atoms with Gasteiger partial charge in [-0.3, -0.25) is 0 Å². The molecule has 0 aromatic rings. The van der Waals surface area contributed by atoms with Crippen molar-refractivity contribution in [3.63, 3.8) is 0 Å². The zero-order valence-corrected chi connectivity index (χ0v) is 11.6. The van der Waals surface area contributed by atoms with Crippen LogP contribution in [-0.4, -0.2) is 11.2 Å². The van der Waals surface area contributed by atoms with Gasteiger partial charge in [0.15, 0.2) is 0 Å². The van der Waals surface area contributed by atoms with Crippen molar-refractivity contribution in [2.75, 3.05) is 0 Å². The molecule has 0 amide bonds. The van der Waals surface area contributed by atoms with Crippen LogP contribution in [0.1, 0.15) is 51.4 Å². The van der Waals surface area contributed by atoms with Gasteiger partial charge in [-0.05, 0) is 75.0 Å². The lowest BCUT2D eigenvalue weighted by atomic mass is 9.71. The third-order valence-electron chi connectivity index (χ3n) is 5.27. The number of hydrogen-bond donors (Lipinski definition) is 1. The fourth-order valence-corrected chi connectivity index (χ4v) is 3.83. The zero-order chi connectivity index (χ0) is 13.0. The van der Waals surface area contributed by atoms with Gasteiger partial charge in [0.05, 0.1) is 6.10 Å². The predicted octanol–water partition coefficient (Wildman–Crippen LogP) is 4.33. The first-order valence-corrected chi connectivity index (χ1v) is 7.67. The highest BCUT2D eigenvalue weighted by Crippen LogP contribution is 2.38. The molecule has 2 aliphatic carbocycles. The molecule has 0 bridgehead atoms. The first-order valence-electron chi connectivity index (χ1n) is 7.67. The van der Waals surface area contributed by atoms with E-state index in [1.54, 1.807) is 0 Å². The Morgan fingerprint density at radius 2 is 1.06 bits per heavy atom. The molecule has 0 atom stereocenters.